The van der Waals surface area contributed by atoms with Gasteiger partial charge in [-0.2, -0.15) is 0 Å². The van der Waals surface area contributed by atoms with Gasteiger partial charge in [-0.05, 0) is 0 Å². The SMILES string of the molecule is CC(C)N(CC[PH](O)(OC(C)(C)C)OC(C)(C)C)C(C)C. The summed E-state index contributed by atoms with van der Waals surface area (Å²) in [6, 6.07) is 0.875. The Kier molecular flexibility index (Phi) is 7.80. The molecule has 0 amide bonds. The van der Waals surface area contributed by atoms with Crippen molar-refractivity contribution in [3.05, 3.63) is 0 Å². The Morgan fingerprint density at radius 2 is 1.19 bits per heavy atom. The van der Waals surface area contributed by atoms with Gasteiger partial charge in [0.25, 0.3) is 0 Å². The second-order valence-electron chi connectivity index (χ2n) is 8.32. The van der Waals surface area contributed by atoms with E-state index < -0.39 is 19.1 Å². The number of hydrogen-bond donors (Lipinski definition) is 1. The van der Waals surface area contributed by atoms with Gasteiger partial charge in [-0.15, -0.1) is 0 Å². The van der Waals surface area contributed by atoms with Crippen molar-refractivity contribution < 1.29 is 13.9 Å². The molecule has 4 nitrogen and oxygen atoms in total. The van der Waals surface area contributed by atoms with E-state index in [-0.39, 0.29) is 0 Å². The molecule has 1 N–H and O–H groups in total. The van der Waals surface area contributed by atoms with Crippen molar-refractivity contribution in [1.82, 2.24) is 4.90 Å². The van der Waals surface area contributed by atoms with Gasteiger partial charge in [-0.3, -0.25) is 0 Å². The number of hydrogen-bond acceptors (Lipinski definition) is 4. The zero-order chi connectivity index (χ0) is 17.1. The van der Waals surface area contributed by atoms with Crippen LogP contribution in [0.1, 0.15) is 69.2 Å². The van der Waals surface area contributed by atoms with Crippen LogP contribution in [0.5, 0.6) is 0 Å². The zero-order valence-electron chi connectivity index (χ0n) is 15.8. The van der Waals surface area contributed by atoms with Crippen LogP contribution in [0, 0.1) is 0 Å². The maximum atomic E-state index is 11.0. The fraction of sp³-hybridized carbons (Fsp3) is 1.00. The summed E-state index contributed by atoms with van der Waals surface area (Å²) in [5.41, 5.74) is -0.820. The molecule has 5 heteroatoms. The van der Waals surface area contributed by atoms with Crippen molar-refractivity contribution in [1.29, 1.82) is 0 Å². The third kappa shape index (κ3) is 9.80. The quantitative estimate of drug-likeness (QED) is 0.712. The van der Waals surface area contributed by atoms with Gasteiger partial charge < -0.3 is 0 Å². The molecule has 0 rings (SSSR count). The predicted molar refractivity (Wildman–Crippen MR) is 94.1 cm³/mol. The molecule has 0 fully saturated rings. The molecule has 0 saturated heterocycles. The van der Waals surface area contributed by atoms with Crippen LogP contribution in [0.3, 0.4) is 0 Å². The summed E-state index contributed by atoms with van der Waals surface area (Å²) in [6.45, 7) is 21.2. The predicted octanol–water partition coefficient (Wildman–Crippen LogP) is 4.22. The molecule has 0 aromatic heterocycles. The van der Waals surface area contributed by atoms with Gasteiger partial charge in [0.05, 0.1) is 0 Å². The third-order valence-electron chi connectivity index (χ3n) is 2.94. The molecule has 0 aliphatic carbocycles. The Morgan fingerprint density at radius 3 is 1.43 bits per heavy atom. The van der Waals surface area contributed by atoms with Gasteiger partial charge in [-0.25, -0.2) is 0 Å². The van der Waals surface area contributed by atoms with Crippen LogP contribution in [-0.2, 0) is 9.05 Å². The van der Waals surface area contributed by atoms with E-state index in [1.54, 1.807) is 0 Å². The first-order chi connectivity index (χ1) is 9.15. The van der Waals surface area contributed by atoms with Gasteiger partial charge in [0.2, 0.25) is 0 Å². The van der Waals surface area contributed by atoms with E-state index in [0.29, 0.717) is 18.2 Å². The van der Waals surface area contributed by atoms with E-state index in [1.165, 1.54) is 0 Å². The zero-order valence-corrected chi connectivity index (χ0v) is 16.8. The summed E-state index contributed by atoms with van der Waals surface area (Å²) in [5.74, 6) is 0. The van der Waals surface area contributed by atoms with Crippen LogP contribution in [0.2, 0.25) is 0 Å². The van der Waals surface area contributed by atoms with E-state index in [0.717, 1.165) is 6.54 Å². The Hall–Kier alpha value is 0.270. The van der Waals surface area contributed by atoms with Crippen LogP contribution in [0.4, 0.5) is 0 Å². The Labute approximate surface area is 132 Å². The summed E-state index contributed by atoms with van der Waals surface area (Å²) < 4.78 is 11.9. The standard InChI is InChI=1S/C16H38NO3P/c1-13(2)17(14(3)4)11-12-21(18,19-15(5,6)7)20-16(8,9)10/h13-14,18,21H,11-12H2,1-10H3. The van der Waals surface area contributed by atoms with Crippen molar-refractivity contribution in [3.8, 4) is 0 Å². The summed E-state index contributed by atoms with van der Waals surface area (Å²) in [7, 11) is -3.22. The van der Waals surface area contributed by atoms with Gasteiger partial charge >= 0.3 is 132 Å². The molecule has 130 valence electrons. The van der Waals surface area contributed by atoms with E-state index in [9.17, 15) is 4.89 Å². The average Bonchev–Trinajstić information content (AvgIpc) is 2.08. The maximum absolute atomic E-state index is 11.0. The minimum absolute atomic E-state index is 0.410. The fourth-order valence-electron chi connectivity index (χ4n) is 2.46. The average molecular weight is 323 g/mol. The molecule has 0 saturated carbocycles. The number of nitrogens with zero attached hydrogens (tertiary/aromatic N) is 1. The molecule has 0 heterocycles. The monoisotopic (exact) mass is 323 g/mol. The first kappa shape index (κ1) is 21.3. The molecular formula is C16H38NO3P. The van der Waals surface area contributed by atoms with Gasteiger partial charge in [0, 0.05) is 0 Å². The molecule has 0 aliphatic heterocycles. The summed E-state index contributed by atoms with van der Waals surface area (Å²) in [6.07, 6.45) is 0.553. The Balaban J connectivity index is 4.98. The topological polar surface area (TPSA) is 41.9 Å². The Bertz CT molecular complexity index is 282. The second-order valence-corrected chi connectivity index (χ2v) is 10.7. The molecule has 0 unspecified atom stereocenters. The second kappa shape index (κ2) is 7.70. The molecule has 0 spiro atoms. The molecule has 0 aromatic rings. The summed E-state index contributed by atoms with van der Waals surface area (Å²) in [4.78, 5) is 13.3. The Morgan fingerprint density at radius 1 is 0.857 bits per heavy atom. The van der Waals surface area contributed by atoms with Crippen LogP contribution >= 0.6 is 7.94 Å². The van der Waals surface area contributed by atoms with Gasteiger partial charge in [0.1, 0.15) is 0 Å². The molecule has 21 heavy (non-hydrogen) atoms. The van der Waals surface area contributed by atoms with Crippen LogP contribution in [0.25, 0.3) is 0 Å². The van der Waals surface area contributed by atoms with E-state index in [4.69, 9.17) is 9.05 Å². The van der Waals surface area contributed by atoms with Gasteiger partial charge in [0.15, 0.2) is 0 Å². The molecule has 0 aliphatic rings. The molecule has 0 radical (unpaired) electrons. The molecular weight excluding hydrogens is 285 g/mol. The van der Waals surface area contributed by atoms with Crippen molar-refractivity contribution in [2.75, 3.05) is 12.7 Å². The summed E-state index contributed by atoms with van der Waals surface area (Å²) >= 11 is 0. The van der Waals surface area contributed by atoms with Crippen LogP contribution in [0.15, 0.2) is 0 Å². The molecule has 0 bridgehead atoms. The van der Waals surface area contributed by atoms with E-state index in [2.05, 4.69) is 32.6 Å². The molecule has 0 atom stereocenters. The fourth-order valence-corrected chi connectivity index (χ4v) is 5.16. The normalized spacial score (nSPS) is 15.3. The van der Waals surface area contributed by atoms with Crippen LogP contribution < -0.4 is 0 Å². The van der Waals surface area contributed by atoms with Gasteiger partial charge in [-0.1, -0.05) is 0 Å². The molecule has 0 aromatic carbocycles. The van der Waals surface area contributed by atoms with E-state index >= 15 is 0 Å². The van der Waals surface area contributed by atoms with Crippen molar-refractivity contribution >= 4 is 7.94 Å². The van der Waals surface area contributed by atoms with Crippen molar-refractivity contribution in [2.45, 2.75) is 92.5 Å². The first-order valence-corrected chi connectivity index (χ1v) is 10.0. The van der Waals surface area contributed by atoms with Crippen molar-refractivity contribution in [2.24, 2.45) is 0 Å². The summed E-state index contributed by atoms with van der Waals surface area (Å²) in [5, 5.41) is 0. The minimum atomic E-state index is -3.22. The van der Waals surface area contributed by atoms with E-state index in [1.807, 2.05) is 41.5 Å². The number of rotatable bonds is 7. The first-order valence-electron chi connectivity index (χ1n) is 8.04. The van der Waals surface area contributed by atoms with Crippen LogP contribution in [-0.4, -0.2) is 45.8 Å². The third-order valence-corrected chi connectivity index (χ3v) is 5.66. The van der Waals surface area contributed by atoms with Crippen molar-refractivity contribution in [3.63, 3.8) is 0 Å².